The molecule has 0 aromatic carbocycles. The fourth-order valence-electron chi connectivity index (χ4n) is 1.60. The molecule has 2 aliphatic heterocycles. The van der Waals surface area contributed by atoms with Gasteiger partial charge in [0.05, 0.1) is 13.2 Å². The summed E-state index contributed by atoms with van der Waals surface area (Å²) in [4.78, 5) is 0. The standard InChI is InChI=1S/C7H13NO/c1-2-7(8-3-1)6-4-9-5-6/h6-8H,1-5H2. The van der Waals surface area contributed by atoms with Crippen LogP contribution in [0.5, 0.6) is 0 Å². The molecule has 2 heteroatoms. The van der Waals surface area contributed by atoms with Gasteiger partial charge in [-0.3, -0.25) is 0 Å². The first kappa shape index (κ1) is 5.69. The highest BCUT2D eigenvalue weighted by molar-refractivity contribution is 4.84. The minimum atomic E-state index is 0.791. The van der Waals surface area contributed by atoms with Crippen molar-refractivity contribution in [3.63, 3.8) is 0 Å². The molecule has 1 atom stereocenters. The lowest BCUT2D eigenvalue weighted by Gasteiger charge is -2.31. The molecule has 2 rings (SSSR count). The normalized spacial score (nSPS) is 36.7. The highest BCUT2D eigenvalue weighted by Gasteiger charge is 2.29. The molecule has 0 saturated carbocycles. The number of hydrogen-bond acceptors (Lipinski definition) is 2. The van der Waals surface area contributed by atoms with Crippen molar-refractivity contribution in [3.8, 4) is 0 Å². The van der Waals surface area contributed by atoms with Crippen LogP contribution in [0.4, 0.5) is 0 Å². The van der Waals surface area contributed by atoms with Crippen LogP contribution in [0.2, 0.25) is 0 Å². The van der Waals surface area contributed by atoms with Gasteiger partial charge in [0.2, 0.25) is 0 Å². The first-order valence-electron chi connectivity index (χ1n) is 3.78. The summed E-state index contributed by atoms with van der Waals surface area (Å²) in [6.07, 6.45) is 2.73. The Bertz CT molecular complexity index is 95.1. The second kappa shape index (κ2) is 2.27. The molecule has 0 aromatic heterocycles. The van der Waals surface area contributed by atoms with Gasteiger partial charge >= 0.3 is 0 Å². The van der Waals surface area contributed by atoms with Crippen LogP contribution in [0.25, 0.3) is 0 Å². The Morgan fingerprint density at radius 2 is 2.22 bits per heavy atom. The summed E-state index contributed by atoms with van der Waals surface area (Å²) in [5.41, 5.74) is 0. The SMILES string of the molecule is C1CNC(C2COC2)C1. The van der Waals surface area contributed by atoms with Crippen molar-refractivity contribution in [2.24, 2.45) is 5.92 Å². The van der Waals surface area contributed by atoms with Crippen LogP contribution in [-0.4, -0.2) is 25.8 Å². The third-order valence-corrected chi connectivity index (χ3v) is 2.33. The molecule has 0 spiro atoms. The van der Waals surface area contributed by atoms with Crippen LogP contribution >= 0.6 is 0 Å². The van der Waals surface area contributed by atoms with Crippen molar-refractivity contribution in [2.75, 3.05) is 19.8 Å². The van der Waals surface area contributed by atoms with Crippen LogP contribution in [0, 0.1) is 5.92 Å². The van der Waals surface area contributed by atoms with Gasteiger partial charge in [0.15, 0.2) is 0 Å². The molecule has 2 heterocycles. The molecule has 52 valence electrons. The molecule has 1 N–H and O–H groups in total. The zero-order valence-electron chi connectivity index (χ0n) is 5.60. The topological polar surface area (TPSA) is 21.3 Å². The Hall–Kier alpha value is -0.0800. The van der Waals surface area contributed by atoms with E-state index in [1.807, 2.05) is 0 Å². The van der Waals surface area contributed by atoms with E-state index in [9.17, 15) is 0 Å². The van der Waals surface area contributed by atoms with E-state index in [-0.39, 0.29) is 0 Å². The van der Waals surface area contributed by atoms with Crippen molar-refractivity contribution in [2.45, 2.75) is 18.9 Å². The van der Waals surface area contributed by atoms with Crippen molar-refractivity contribution < 1.29 is 4.74 Å². The predicted molar refractivity (Wildman–Crippen MR) is 35.3 cm³/mol. The minimum absolute atomic E-state index is 0.791. The molecule has 2 nitrogen and oxygen atoms in total. The Morgan fingerprint density at radius 1 is 1.33 bits per heavy atom. The maximum atomic E-state index is 5.11. The number of rotatable bonds is 1. The Labute approximate surface area is 55.6 Å². The van der Waals surface area contributed by atoms with Gasteiger partial charge in [-0.15, -0.1) is 0 Å². The van der Waals surface area contributed by atoms with Gasteiger partial charge in [0, 0.05) is 12.0 Å². The summed E-state index contributed by atoms with van der Waals surface area (Å²) in [5.74, 6) is 0.840. The summed E-state index contributed by atoms with van der Waals surface area (Å²) in [6.45, 7) is 3.22. The second-order valence-electron chi connectivity index (χ2n) is 3.00. The lowest BCUT2D eigenvalue weighted by atomic mass is 9.97. The van der Waals surface area contributed by atoms with Crippen molar-refractivity contribution in [3.05, 3.63) is 0 Å². The third kappa shape index (κ3) is 0.970. The number of ether oxygens (including phenoxy) is 1. The van der Waals surface area contributed by atoms with Gasteiger partial charge in [-0.2, -0.15) is 0 Å². The molecule has 2 aliphatic rings. The average molecular weight is 127 g/mol. The first-order valence-corrected chi connectivity index (χ1v) is 3.78. The fraction of sp³-hybridized carbons (Fsp3) is 1.00. The van der Waals surface area contributed by atoms with Gasteiger partial charge < -0.3 is 10.1 Å². The maximum absolute atomic E-state index is 5.11. The minimum Gasteiger partial charge on any atom is -0.381 e. The van der Waals surface area contributed by atoms with Gasteiger partial charge in [0.1, 0.15) is 0 Å². The predicted octanol–water partition coefficient (Wildman–Crippen LogP) is 0.385. The van der Waals surface area contributed by atoms with Gasteiger partial charge in [0.25, 0.3) is 0 Å². The highest BCUT2D eigenvalue weighted by atomic mass is 16.5. The van der Waals surface area contributed by atoms with Gasteiger partial charge in [-0.25, -0.2) is 0 Å². The quantitative estimate of drug-likeness (QED) is 0.550. The fourth-order valence-corrected chi connectivity index (χ4v) is 1.60. The molecule has 2 saturated heterocycles. The highest BCUT2D eigenvalue weighted by Crippen LogP contribution is 2.21. The van der Waals surface area contributed by atoms with E-state index in [4.69, 9.17) is 4.74 Å². The molecule has 0 aromatic rings. The molecule has 9 heavy (non-hydrogen) atoms. The number of nitrogens with one attached hydrogen (secondary N) is 1. The smallest absolute Gasteiger partial charge is 0.0531 e. The lowest BCUT2D eigenvalue weighted by molar-refractivity contribution is -0.0465. The summed E-state index contributed by atoms with van der Waals surface area (Å²) in [6, 6.07) is 0.791. The second-order valence-corrected chi connectivity index (χ2v) is 3.00. The monoisotopic (exact) mass is 127 g/mol. The molecule has 0 amide bonds. The van der Waals surface area contributed by atoms with E-state index in [0.717, 1.165) is 25.2 Å². The molecule has 2 fully saturated rings. The van der Waals surface area contributed by atoms with E-state index in [0.29, 0.717) is 0 Å². The number of hydrogen-bond donors (Lipinski definition) is 1. The third-order valence-electron chi connectivity index (χ3n) is 2.33. The van der Waals surface area contributed by atoms with Crippen LogP contribution in [0.15, 0.2) is 0 Å². The lowest BCUT2D eigenvalue weighted by Crippen LogP contribution is -2.42. The molecule has 0 bridgehead atoms. The molecular formula is C7H13NO. The van der Waals surface area contributed by atoms with Crippen molar-refractivity contribution in [1.29, 1.82) is 0 Å². The van der Waals surface area contributed by atoms with Crippen molar-refractivity contribution in [1.82, 2.24) is 5.32 Å². The van der Waals surface area contributed by atoms with Crippen molar-refractivity contribution >= 4 is 0 Å². The van der Waals surface area contributed by atoms with Crippen LogP contribution in [0.3, 0.4) is 0 Å². The van der Waals surface area contributed by atoms with Gasteiger partial charge in [-0.1, -0.05) is 0 Å². The van der Waals surface area contributed by atoms with Crippen LogP contribution in [-0.2, 0) is 4.74 Å². The van der Waals surface area contributed by atoms with E-state index in [1.165, 1.54) is 19.4 Å². The van der Waals surface area contributed by atoms with E-state index < -0.39 is 0 Å². The zero-order valence-corrected chi connectivity index (χ0v) is 5.60. The first-order chi connectivity index (χ1) is 4.47. The summed E-state index contributed by atoms with van der Waals surface area (Å²) < 4.78 is 5.11. The summed E-state index contributed by atoms with van der Waals surface area (Å²) >= 11 is 0. The zero-order chi connectivity index (χ0) is 6.10. The average Bonchev–Trinajstić information content (AvgIpc) is 2.11. The Morgan fingerprint density at radius 3 is 2.67 bits per heavy atom. The maximum Gasteiger partial charge on any atom is 0.0531 e. The van der Waals surface area contributed by atoms with E-state index >= 15 is 0 Å². The Balaban J connectivity index is 1.82. The summed E-state index contributed by atoms with van der Waals surface area (Å²) in [5, 5.41) is 3.48. The largest absolute Gasteiger partial charge is 0.381 e. The van der Waals surface area contributed by atoms with E-state index in [2.05, 4.69) is 5.32 Å². The molecule has 0 aliphatic carbocycles. The molecule has 1 unspecified atom stereocenters. The Kier molecular flexibility index (Phi) is 1.44. The molecular weight excluding hydrogens is 114 g/mol. The van der Waals surface area contributed by atoms with Crippen LogP contribution < -0.4 is 5.32 Å². The van der Waals surface area contributed by atoms with E-state index in [1.54, 1.807) is 0 Å². The molecule has 0 radical (unpaired) electrons. The summed E-state index contributed by atoms with van der Waals surface area (Å²) in [7, 11) is 0. The van der Waals surface area contributed by atoms with Gasteiger partial charge in [-0.05, 0) is 19.4 Å². The van der Waals surface area contributed by atoms with Crippen LogP contribution in [0.1, 0.15) is 12.8 Å².